The van der Waals surface area contributed by atoms with Crippen LogP contribution in [-0.4, -0.2) is 31.4 Å². The van der Waals surface area contributed by atoms with Gasteiger partial charge in [0.25, 0.3) is 0 Å². The van der Waals surface area contributed by atoms with Crippen LogP contribution in [0.2, 0.25) is 0 Å². The zero-order valence-corrected chi connectivity index (χ0v) is 15.4. The molecule has 3 N–H and O–H groups in total. The molecule has 1 atom stereocenters. The molecule has 2 aromatic rings. The molecule has 0 aliphatic rings. The van der Waals surface area contributed by atoms with Gasteiger partial charge in [-0.2, -0.15) is 4.72 Å². The molecule has 0 saturated carbocycles. The summed E-state index contributed by atoms with van der Waals surface area (Å²) in [7, 11) is -4.26. The summed E-state index contributed by atoms with van der Waals surface area (Å²) in [4.78, 5) is 22.6. The van der Waals surface area contributed by atoms with Gasteiger partial charge in [0.15, 0.2) is 0 Å². The molecule has 0 aliphatic heterocycles. The fraction of sp³-hybridized carbons (Fsp3) is 0.294. The summed E-state index contributed by atoms with van der Waals surface area (Å²) in [6.07, 6.45) is 0. The number of carboxylic acids is 1. The summed E-state index contributed by atoms with van der Waals surface area (Å²) in [6.45, 7) is 3.13. The molecule has 2 rings (SSSR count). The minimum atomic E-state index is -4.26. The second kappa shape index (κ2) is 8.31. The summed E-state index contributed by atoms with van der Waals surface area (Å²) in [6, 6.07) is 6.31. The topological polar surface area (TPSA) is 126 Å². The van der Waals surface area contributed by atoms with Gasteiger partial charge in [0, 0.05) is 0 Å². The highest BCUT2D eigenvalue weighted by atomic mass is 32.2. The average molecular weight is 398 g/mol. The first kappa shape index (κ1) is 20.6. The fourth-order valence-electron chi connectivity index (χ4n) is 2.26. The first-order chi connectivity index (χ1) is 12.6. The van der Waals surface area contributed by atoms with E-state index in [1.807, 2.05) is 0 Å². The second-order valence-electron chi connectivity index (χ2n) is 6.06. The van der Waals surface area contributed by atoms with E-state index in [2.05, 4.69) is 10.0 Å². The van der Waals surface area contributed by atoms with Crippen molar-refractivity contribution in [2.24, 2.45) is 5.92 Å². The molecule has 10 heteroatoms. The van der Waals surface area contributed by atoms with E-state index in [0.717, 1.165) is 12.1 Å². The number of carbonyl (C=O) groups is 2. The number of benzene rings is 1. The molecule has 146 valence electrons. The molecule has 27 heavy (non-hydrogen) atoms. The van der Waals surface area contributed by atoms with E-state index in [9.17, 15) is 22.4 Å². The van der Waals surface area contributed by atoms with Gasteiger partial charge in [0.2, 0.25) is 21.7 Å². The predicted molar refractivity (Wildman–Crippen MR) is 92.9 cm³/mol. The number of halogens is 1. The molecule has 1 unspecified atom stereocenters. The van der Waals surface area contributed by atoms with E-state index in [0.29, 0.717) is 0 Å². The maximum atomic E-state index is 13.8. The zero-order valence-electron chi connectivity index (χ0n) is 14.6. The Hall–Kier alpha value is -2.72. The van der Waals surface area contributed by atoms with Crippen LogP contribution in [0.1, 0.15) is 30.2 Å². The van der Waals surface area contributed by atoms with Crippen molar-refractivity contribution in [3.63, 3.8) is 0 Å². The third-order valence-corrected chi connectivity index (χ3v) is 5.14. The van der Waals surface area contributed by atoms with E-state index in [-0.39, 0.29) is 18.1 Å². The van der Waals surface area contributed by atoms with Gasteiger partial charge in [0.1, 0.15) is 22.5 Å². The Morgan fingerprint density at radius 1 is 1.19 bits per heavy atom. The van der Waals surface area contributed by atoms with Crippen molar-refractivity contribution in [2.45, 2.75) is 31.3 Å². The zero-order chi connectivity index (χ0) is 20.2. The lowest BCUT2D eigenvalue weighted by molar-refractivity contribution is -0.123. The van der Waals surface area contributed by atoms with Crippen molar-refractivity contribution in [2.75, 3.05) is 0 Å². The van der Waals surface area contributed by atoms with E-state index in [4.69, 9.17) is 9.52 Å². The number of sulfonamides is 1. The van der Waals surface area contributed by atoms with Crippen LogP contribution in [0.5, 0.6) is 0 Å². The molecule has 1 aromatic carbocycles. The largest absolute Gasteiger partial charge is 0.475 e. The van der Waals surface area contributed by atoms with Crippen molar-refractivity contribution < 1.29 is 31.9 Å². The molecule has 0 spiro atoms. The van der Waals surface area contributed by atoms with Crippen LogP contribution in [0.4, 0.5) is 4.39 Å². The Bertz CT molecular complexity index is 938. The SMILES string of the molecule is CC(C)C(NS(=O)(=O)c1ccccc1F)C(=O)NCc1ccc(C(=O)O)o1. The van der Waals surface area contributed by atoms with Crippen LogP contribution in [0.25, 0.3) is 0 Å². The maximum Gasteiger partial charge on any atom is 0.371 e. The molecule has 1 heterocycles. The smallest absolute Gasteiger partial charge is 0.371 e. The van der Waals surface area contributed by atoms with Crippen molar-refractivity contribution in [1.29, 1.82) is 0 Å². The first-order valence-electron chi connectivity index (χ1n) is 7.98. The maximum absolute atomic E-state index is 13.8. The lowest BCUT2D eigenvalue weighted by Crippen LogP contribution is -2.49. The Balaban J connectivity index is 2.10. The highest BCUT2D eigenvalue weighted by Crippen LogP contribution is 2.16. The molecule has 1 amide bonds. The minimum Gasteiger partial charge on any atom is -0.475 e. The van der Waals surface area contributed by atoms with Crippen LogP contribution in [0, 0.1) is 11.7 Å². The van der Waals surface area contributed by atoms with Crippen molar-refractivity contribution in [1.82, 2.24) is 10.0 Å². The number of hydrogen-bond donors (Lipinski definition) is 3. The molecule has 0 bridgehead atoms. The predicted octanol–water partition coefficient (Wildman–Crippen LogP) is 1.74. The number of rotatable bonds is 8. The average Bonchev–Trinajstić information content (AvgIpc) is 3.07. The van der Waals surface area contributed by atoms with Crippen LogP contribution >= 0.6 is 0 Å². The normalized spacial score (nSPS) is 12.7. The minimum absolute atomic E-state index is 0.128. The van der Waals surface area contributed by atoms with Gasteiger partial charge in [-0.1, -0.05) is 26.0 Å². The number of nitrogens with one attached hydrogen (secondary N) is 2. The number of aromatic carboxylic acids is 1. The lowest BCUT2D eigenvalue weighted by Gasteiger charge is -2.21. The number of furan rings is 1. The van der Waals surface area contributed by atoms with Crippen molar-refractivity contribution in [3.8, 4) is 0 Å². The number of carboxylic acid groups (broad SMARTS) is 1. The summed E-state index contributed by atoms with van der Waals surface area (Å²) >= 11 is 0. The lowest BCUT2D eigenvalue weighted by atomic mass is 10.1. The highest BCUT2D eigenvalue weighted by Gasteiger charge is 2.29. The standard InChI is InChI=1S/C17H19FN2O6S/c1-10(2)15(20-27(24,25)14-6-4-3-5-12(14)18)16(21)19-9-11-7-8-13(26-11)17(22)23/h3-8,10,15,20H,9H2,1-2H3,(H,19,21)(H,22,23). The summed E-state index contributed by atoms with van der Waals surface area (Å²) < 4.78 is 45.8. The van der Waals surface area contributed by atoms with E-state index < -0.39 is 44.6 Å². The van der Waals surface area contributed by atoms with Gasteiger partial charge in [-0.05, 0) is 30.2 Å². The van der Waals surface area contributed by atoms with Gasteiger partial charge < -0.3 is 14.8 Å². The number of amides is 1. The van der Waals surface area contributed by atoms with Crippen LogP contribution < -0.4 is 10.0 Å². The Morgan fingerprint density at radius 3 is 2.41 bits per heavy atom. The Morgan fingerprint density at radius 2 is 1.85 bits per heavy atom. The van der Waals surface area contributed by atoms with Crippen LogP contribution in [-0.2, 0) is 21.4 Å². The number of hydrogen-bond acceptors (Lipinski definition) is 5. The van der Waals surface area contributed by atoms with Gasteiger partial charge in [-0.25, -0.2) is 17.6 Å². The van der Waals surface area contributed by atoms with E-state index in [1.165, 1.54) is 24.3 Å². The summed E-state index contributed by atoms with van der Waals surface area (Å²) in [5, 5.41) is 11.3. The Labute approximate surface area is 155 Å². The second-order valence-corrected chi connectivity index (χ2v) is 7.74. The Kier molecular flexibility index (Phi) is 6.34. The first-order valence-corrected chi connectivity index (χ1v) is 9.46. The van der Waals surface area contributed by atoms with Gasteiger partial charge in [-0.3, -0.25) is 4.79 Å². The highest BCUT2D eigenvalue weighted by molar-refractivity contribution is 7.89. The van der Waals surface area contributed by atoms with E-state index >= 15 is 0 Å². The van der Waals surface area contributed by atoms with Crippen molar-refractivity contribution >= 4 is 21.9 Å². The van der Waals surface area contributed by atoms with Gasteiger partial charge in [-0.15, -0.1) is 0 Å². The van der Waals surface area contributed by atoms with Crippen LogP contribution in [0.15, 0.2) is 45.7 Å². The third kappa shape index (κ3) is 5.14. The molecular formula is C17H19FN2O6S. The van der Waals surface area contributed by atoms with E-state index in [1.54, 1.807) is 13.8 Å². The number of carbonyl (C=O) groups excluding carboxylic acids is 1. The van der Waals surface area contributed by atoms with Gasteiger partial charge >= 0.3 is 5.97 Å². The molecule has 0 radical (unpaired) electrons. The summed E-state index contributed by atoms with van der Waals surface area (Å²) in [5.41, 5.74) is 0. The molecule has 8 nitrogen and oxygen atoms in total. The quantitative estimate of drug-likeness (QED) is 0.622. The molecule has 1 aromatic heterocycles. The molecular weight excluding hydrogens is 379 g/mol. The summed E-state index contributed by atoms with van der Waals surface area (Å²) in [5.74, 6) is -3.34. The third-order valence-electron chi connectivity index (χ3n) is 3.67. The van der Waals surface area contributed by atoms with Crippen LogP contribution in [0.3, 0.4) is 0 Å². The molecule has 0 saturated heterocycles. The molecule has 0 aliphatic carbocycles. The van der Waals surface area contributed by atoms with Crippen molar-refractivity contribution in [3.05, 3.63) is 53.7 Å². The fourth-order valence-corrected chi connectivity index (χ4v) is 3.68. The molecule has 0 fully saturated rings. The monoisotopic (exact) mass is 398 g/mol. The van der Waals surface area contributed by atoms with Gasteiger partial charge in [0.05, 0.1) is 6.54 Å².